The highest BCUT2D eigenvalue weighted by Gasteiger charge is 2.08. The molecule has 0 spiro atoms. The van der Waals surface area contributed by atoms with Crippen molar-refractivity contribution in [1.29, 1.82) is 0 Å². The second kappa shape index (κ2) is 4.78. The van der Waals surface area contributed by atoms with Crippen molar-refractivity contribution in [3.8, 4) is 0 Å². The summed E-state index contributed by atoms with van der Waals surface area (Å²) in [5.41, 5.74) is 1.86. The number of nitrogens with one attached hydrogen (secondary N) is 1. The summed E-state index contributed by atoms with van der Waals surface area (Å²) in [6.07, 6.45) is 3.33. The van der Waals surface area contributed by atoms with Crippen LogP contribution in [0.5, 0.6) is 0 Å². The highest BCUT2D eigenvalue weighted by Crippen LogP contribution is 2.26. The van der Waals surface area contributed by atoms with Crippen molar-refractivity contribution < 1.29 is 4.42 Å². The molecule has 0 saturated carbocycles. The quantitative estimate of drug-likeness (QED) is 0.777. The SMILES string of the molecule is Clc1cc(Br)c2nc(CCc3ccco3)[nH]c2c1. The van der Waals surface area contributed by atoms with E-state index in [0.717, 1.165) is 39.9 Å². The van der Waals surface area contributed by atoms with Gasteiger partial charge in [-0.25, -0.2) is 4.98 Å². The normalized spacial score (nSPS) is 11.2. The van der Waals surface area contributed by atoms with E-state index in [4.69, 9.17) is 16.0 Å². The minimum absolute atomic E-state index is 0.690. The van der Waals surface area contributed by atoms with Crippen molar-refractivity contribution in [3.63, 3.8) is 0 Å². The van der Waals surface area contributed by atoms with Gasteiger partial charge in [-0.2, -0.15) is 0 Å². The van der Waals surface area contributed by atoms with Gasteiger partial charge in [0.25, 0.3) is 0 Å². The number of imidazole rings is 1. The molecule has 3 rings (SSSR count). The smallest absolute Gasteiger partial charge is 0.107 e. The molecule has 1 N–H and O–H groups in total. The van der Waals surface area contributed by atoms with Gasteiger partial charge < -0.3 is 9.40 Å². The summed E-state index contributed by atoms with van der Waals surface area (Å²) in [4.78, 5) is 7.82. The summed E-state index contributed by atoms with van der Waals surface area (Å²) >= 11 is 9.46. The maximum Gasteiger partial charge on any atom is 0.107 e. The molecule has 92 valence electrons. The second-order valence-corrected chi connectivity index (χ2v) is 5.34. The molecule has 1 aromatic carbocycles. The first-order valence-corrected chi connectivity index (χ1v) is 6.75. The summed E-state index contributed by atoms with van der Waals surface area (Å²) < 4.78 is 6.21. The molecular weight excluding hydrogens is 316 g/mol. The molecule has 18 heavy (non-hydrogen) atoms. The molecule has 0 unspecified atom stereocenters. The van der Waals surface area contributed by atoms with Gasteiger partial charge in [0, 0.05) is 22.3 Å². The predicted octanol–water partition coefficient (Wildman–Crippen LogP) is 4.36. The van der Waals surface area contributed by atoms with Gasteiger partial charge in [0.15, 0.2) is 0 Å². The Hall–Kier alpha value is -1.26. The Morgan fingerprint density at radius 1 is 1.33 bits per heavy atom. The molecule has 2 heterocycles. The molecule has 3 aromatic rings. The number of halogens is 2. The first-order valence-electron chi connectivity index (χ1n) is 5.58. The monoisotopic (exact) mass is 324 g/mol. The lowest BCUT2D eigenvalue weighted by Gasteiger charge is -1.93. The molecular formula is C13H10BrClN2O. The van der Waals surface area contributed by atoms with Crippen LogP contribution in [0.3, 0.4) is 0 Å². The molecule has 0 amide bonds. The number of aromatic nitrogens is 2. The van der Waals surface area contributed by atoms with Crippen LogP contribution in [0, 0.1) is 0 Å². The van der Waals surface area contributed by atoms with Crippen LogP contribution in [0.1, 0.15) is 11.6 Å². The topological polar surface area (TPSA) is 41.8 Å². The van der Waals surface area contributed by atoms with Crippen LogP contribution in [0.4, 0.5) is 0 Å². The van der Waals surface area contributed by atoms with Crippen LogP contribution < -0.4 is 0 Å². The van der Waals surface area contributed by atoms with Crippen molar-refractivity contribution in [2.45, 2.75) is 12.8 Å². The first kappa shape index (κ1) is 11.8. The number of aromatic amines is 1. The molecule has 0 saturated heterocycles. The van der Waals surface area contributed by atoms with Crippen molar-refractivity contribution in [3.05, 3.63) is 51.6 Å². The third-order valence-electron chi connectivity index (χ3n) is 2.74. The molecule has 2 aromatic heterocycles. The van der Waals surface area contributed by atoms with Crippen molar-refractivity contribution >= 4 is 38.6 Å². The predicted molar refractivity (Wildman–Crippen MR) is 74.9 cm³/mol. The van der Waals surface area contributed by atoms with E-state index in [2.05, 4.69) is 25.9 Å². The van der Waals surface area contributed by atoms with Crippen LogP contribution in [0.15, 0.2) is 39.4 Å². The average Bonchev–Trinajstić information content (AvgIpc) is 2.93. The van der Waals surface area contributed by atoms with Crippen LogP contribution in [0.2, 0.25) is 5.02 Å². The molecule has 0 aliphatic rings. The van der Waals surface area contributed by atoms with Crippen LogP contribution in [0.25, 0.3) is 11.0 Å². The van der Waals surface area contributed by atoms with Gasteiger partial charge in [-0.3, -0.25) is 0 Å². The summed E-state index contributed by atoms with van der Waals surface area (Å²) in [7, 11) is 0. The number of benzene rings is 1. The summed E-state index contributed by atoms with van der Waals surface area (Å²) in [6, 6.07) is 7.59. The molecule has 0 aliphatic carbocycles. The highest BCUT2D eigenvalue weighted by molar-refractivity contribution is 9.10. The lowest BCUT2D eigenvalue weighted by Crippen LogP contribution is -1.91. The van der Waals surface area contributed by atoms with Crippen LogP contribution >= 0.6 is 27.5 Å². The van der Waals surface area contributed by atoms with Gasteiger partial charge in [0.05, 0.1) is 11.8 Å². The van der Waals surface area contributed by atoms with Gasteiger partial charge in [-0.1, -0.05) is 11.6 Å². The van der Waals surface area contributed by atoms with Crippen molar-refractivity contribution in [2.75, 3.05) is 0 Å². The molecule has 0 fully saturated rings. The van der Waals surface area contributed by atoms with E-state index in [1.54, 1.807) is 6.26 Å². The number of nitrogens with zero attached hydrogens (tertiary/aromatic N) is 1. The molecule has 0 atom stereocenters. The molecule has 0 bridgehead atoms. The van der Waals surface area contributed by atoms with Gasteiger partial charge >= 0.3 is 0 Å². The number of furan rings is 1. The number of hydrogen-bond donors (Lipinski definition) is 1. The number of fused-ring (bicyclic) bond motifs is 1. The fraction of sp³-hybridized carbons (Fsp3) is 0.154. The van der Waals surface area contributed by atoms with E-state index in [-0.39, 0.29) is 0 Å². The van der Waals surface area contributed by atoms with E-state index in [9.17, 15) is 0 Å². The summed E-state index contributed by atoms with van der Waals surface area (Å²) in [6.45, 7) is 0. The van der Waals surface area contributed by atoms with E-state index in [0.29, 0.717) is 5.02 Å². The minimum atomic E-state index is 0.690. The lowest BCUT2D eigenvalue weighted by molar-refractivity contribution is 0.507. The first-order chi connectivity index (χ1) is 8.72. The van der Waals surface area contributed by atoms with Gasteiger partial charge in [0.1, 0.15) is 17.1 Å². The molecule has 5 heteroatoms. The number of rotatable bonds is 3. The summed E-state index contributed by atoms with van der Waals surface area (Å²) in [5, 5.41) is 0.690. The minimum Gasteiger partial charge on any atom is -0.469 e. The zero-order valence-electron chi connectivity index (χ0n) is 9.41. The maximum atomic E-state index is 6.00. The number of hydrogen-bond acceptors (Lipinski definition) is 2. The van der Waals surface area contributed by atoms with Crippen LogP contribution in [-0.4, -0.2) is 9.97 Å². The Morgan fingerprint density at radius 2 is 2.22 bits per heavy atom. The van der Waals surface area contributed by atoms with E-state index < -0.39 is 0 Å². The lowest BCUT2D eigenvalue weighted by atomic mass is 10.2. The fourth-order valence-electron chi connectivity index (χ4n) is 1.91. The maximum absolute atomic E-state index is 6.00. The van der Waals surface area contributed by atoms with Crippen LogP contribution in [-0.2, 0) is 12.8 Å². The zero-order chi connectivity index (χ0) is 12.5. The Balaban J connectivity index is 1.87. The summed E-state index contributed by atoms with van der Waals surface area (Å²) in [5.74, 6) is 1.90. The third-order valence-corrected chi connectivity index (χ3v) is 3.56. The van der Waals surface area contributed by atoms with Crippen molar-refractivity contribution in [2.24, 2.45) is 0 Å². The molecule has 0 radical (unpaired) electrons. The zero-order valence-corrected chi connectivity index (χ0v) is 11.8. The molecule has 0 aliphatic heterocycles. The van der Waals surface area contributed by atoms with Crippen molar-refractivity contribution in [1.82, 2.24) is 9.97 Å². The Labute approximate surface area is 117 Å². The van der Waals surface area contributed by atoms with E-state index in [1.807, 2.05) is 24.3 Å². The fourth-order valence-corrected chi connectivity index (χ4v) is 2.81. The number of H-pyrrole nitrogens is 1. The van der Waals surface area contributed by atoms with Gasteiger partial charge in [-0.05, 0) is 40.2 Å². The Kier molecular flexibility index (Phi) is 3.14. The highest BCUT2D eigenvalue weighted by atomic mass is 79.9. The second-order valence-electron chi connectivity index (χ2n) is 4.05. The van der Waals surface area contributed by atoms with E-state index in [1.165, 1.54) is 0 Å². The third kappa shape index (κ3) is 2.31. The van der Waals surface area contributed by atoms with Gasteiger partial charge in [-0.15, -0.1) is 0 Å². The average molecular weight is 326 g/mol. The number of aryl methyl sites for hydroxylation is 2. The largest absolute Gasteiger partial charge is 0.469 e. The Morgan fingerprint density at radius 3 is 3.00 bits per heavy atom. The van der Waals surface area contributed by atoms with Gasteiger partial charge in [0.2, 0.25) is 0 Å². The standard InChI is InChI=1S/C13H10BrClN2O/c14-10-6-8(15)7-11-13(10)17-12(16-11)4-3-9-2-1-5-18-9/h1-2,5-7H,3-4H2,(H,16,17). The van der Waals surface area contributed by atoms with E-state index >= 15 is 0 Å². The Bertz CT molecular complexity index is 676. The molecule has 3 nitrogen and oxygen atoms in total.